The van der Waals surface area contributed by atoms with Crippen molar-refractivity contribution in [2.24, 2.45) is 0 Å². The zero-order valence-electron chi connectivity index (χ0n) is 14.6. The Bertz CT molecular complexity index is 591. The zero-order valence-corrected chi connectivity index (χ0v) is 15.4. The largest absolute Gasteiger partial charge is 0.369 e. The summed E-state index contributed by atoms with van der Waals surface area (Å²) in [6, 6.07) is 8.52. The summed E-state index contributed by atoms with van der Waals surface area (Å²) in [4.78, 5) is 4.74. The van der Waals surface area contributed by atoms with Gasteiger partial charge in [-0.15, -0.1) is 0 Å². The molecule has 1 fully saturated rings. The molecule has 1 aromatic rings. The molecule has 0 aliphatic carbocycles. The molecule has 6 heteroatoms. The average molecular weight is 340 g/mol. The topological polar surface area (TPSA) is 52.7 Å². The number of nitrogens with zero attached hydrogens (tertiary/aromatic N) is 2. The van der Waals surface area contributed by atoms with Crippen LogP contribution in [-0.2, 0) is 10.0 Å². The Balaban J connectivity index is 1.94. The van der Waals surface area contributed by atoms with Gasteiger partial charge in [-0.3, -0.25) is 0 Å². The van der Waals surface area contributed by atoms with Crippen LogP contribution in [0.4, 0.5) is 5.69 Å². The summed E-state index contributed by atoms with van der Waals surface area (Å²) >= 11 is 0. The van der Waals surface area contributed by atoms with Crippen LogP contribution in [0.25, 0.3) is 0 Å². The van der Waals surface area contributed by atoms with Crippen molar-refractivity contribution >= 4 is 15.7 Å². The second-order valence-corrected chi connectivity index (χ2v) is 9.05. The normalized spacial score (nSPS) is 18.4. The second-order valence-electron chi connectivity index (χ2n) is 6.73. The minimum atomic E-state index is -3.19. The lowest BCUT2D eigenvalue weighted by Gasteiger charge is -2.34. The number of rotatable bonds is 6. The third kappa shape index (κ3) is 4.93. The van der Waals surface area contributed by atoms with Gasteiger partial charge in [-0.25, -0.2) is 13.1 Å². The molecule has 0 radical (unpaired) electrons. The van der Waals surface area contributed by atoms with E-state index < -0.39 is 15.3 Å². The minimum Gasteiger partial charge on any atom is -0.369 e. The molecule has 0 amide bonds. The van der Waals surface area contributed by atoms with Gasteiger partial charge in [-0.2, -0.15) is 0 Å². The Kier molecular flexibility index (Phi) is 6.06. The van der Waals surface area contributed by atoms with E-state index in [9.17, 15) is 8.42 Å². The van der Waals surface area contributed by atoms with Gasteiger partial charge >= 0.3 is 0 Å². The van der Waals surface area contributed by atoms with Gasteiger partial charge in [0.2, 0.25) is 10.0 Å². The molecule has 1 N–H and O–H groups in total. The Morgan fingerprint density at radius 2 is 1.61 bits per heavy atom. The van der Waals surface area contributed by atoms with Crippen LogP contribution in [0.1, 0.15) is 32.3 Å². The van der Waals surface area contributed by atoms with Crippen molar-refractivity contribution in [3.63, 3.8) is 0 Å². The Morgan fingerprint density at radius 1 is 1.04 bits per heavy atom. The smallest absolute Gasteiger partial charge is 0.213 e. The van der Waals surface area contributed by atoms with Gasteiger partial charge in [0.25, 0.3) is 0 Å². The summed E-state index contributed by atoms with van der Waals surface area (Å²) in [6.07, 6.45) is 0. The molecule has 0 bridgehead atoms. The number of likely N-dealkylation sites (N-methyl/N-ethyl adjacent to an activating group) is 1. The average Bonchev–Trinajstić information content (AvgIpc) is 2.53. The first kappa shape index (κ1) is 18.2. The molecule has 0 spiro atoms. The van der Waals surface area contributed by atoms with Gasteiger partial charge in [0.1, 0.15) is 0 Å². The molecular weight excluding hydrogens is 310 g/mol. The molecule has 1 heterocycles. The predicted molar refractivity (Wildman–Crippen MR) is 96.6 cm³/mol. The van der Waals surface area contributed by atoms with E-state index in [-0.39, 0.29) is 5.92 Å². The van der Waals surface area contributed by atoms with Crippen LogP contribution in [0.15, 0.2) is 24.3 Å². The van der Waals surface area contributed by atoms with Crippen molar-refractivity contribution in [3.05, 3.63) is 29.8 Å². The fraction of sp³-hybridized carbons (Fsp3) is 0.647. The molecule has 130 valence electrons. The third-order valence-electron chi connectivity index (χ3n) is 4.54. The van der Waals surface area contributed by atoms with Crippen LogP contribution in [0.3, 0.4) is 0 Å². The first-order chi connectivity index (χ1) is 10.8. The van der Waals surface area contributed by atoms with Crippen molar-refractivity contribution in [1.29, 1.82) is 0 Å². The molecule has 1 aliphatic rings. The maximum atomic E-state index is 11.8. The lowest BCUT2D eigenvalue weighted by atomic mass is 10.0. The zero-order chi connectivity index (χ0) is 17.0. The van der Waals surface area contributed by atoms with Crippen molar-refractivity contribution in [3.8, 4) is 0 Å². The Morgan fingerprint density at radius 3 is 2.13 bits per heavy atom. The number of sulfonamides is 1. The highest BCUT2D eigenvalue weighted by Gasteiger charge is 2.18. The van der Waals surface area contributed by atoms with E-state index in [1.165, 1.54) is 5.69 Å². The quantitative estimate of drug-likeness (QED) is 0.860. The maximum Gasteiger partial charge on any atom is 0.213 e. The molecule has 1 aliphatic heterocycles. The highest BCUT2D eigenvalue weighted by atomic mass is 32.2. The van der Waals surface area contributed by atoms with E-state index in [1.54, 1.807) is 13.8 Å². The van der Waals surface area contributed by atoms with Crippen molar-refractivity contribution in [1.82, 2.24) is 9.62 Å². The van der Waals surface area contributed by atoms with Gasteiger partial charge < -0.3 is 9.80 Å². The SMILES string of the molecule is CC(CNS(=O)(=O)C(C)C)c1ccc(N2CCN(C)CC2)cc1. The standard InChI is InChI=1S/C17H29N3O2S/c1-14(2)23(21,22)18-13-15(3)16-5-7-17(8-6-16)20-11-9-19(4)10-12-20/h5-8,14-15,18H,9-13H2,1-4H3. The number of benzene rings is 1. The summed E-state index contributed by atoms with van der Waals surface area (Å²) in [7, 11) is -1.04. The van der Waals surface area contributed by atoms with Crippen LogP contribution in [0.2, 0.25) is 0 Å². The first-order valence-electron chi connectivity index (χ1n) is 8.31. The second kappa shape index (κ2) is 7.64. The molecule has 5 nitrogen and oxygen atoms in total. The third-order valence-corrected chi connectivity index (χ3v) is 6.35. The summed E-state index contributed by atoms with van der Waals surface area (Å²) < 4.78 is 26.4. The molecule has 2 rings (SSSR count). The molecule has 0 saturated carbocycles. The number of hydrogen-bond acceptors (Lipinski definition) is 4. The predicted octanol–water partition coefficient (Wildman–Crippen LogP) is 1.87. The fourth-order valence-corrected chi connectivity index (χ4v) is 3.42. The fourth-order valence-electron chi connectivity index (χ4n) is 2.60. The van der Waals surface area contributed by atoms with Crippen LogP contribution >= 0.6 is 0 Å². The number of nitrogens with one attached hydrogen (secondary N) is 1. The monoisotopic (exact) mass is 339 g/mol. The summed E-state index contributed by atoms with van der Waals surface area (Å²) in [5.74, 6) is 0.157. The molecule has 1 saturated heterocycles. The summed E-state index contributed by atoms with van der Waals surface area (Å²) in [5.41, 5.74) is 2.41. The number of piperazine rings is 1. The van der Waals surface area contributed by atoms with Crippen LogP contribution in [0.5, 0.6) is 0 Å². The van der Waals surface area contributed by atoms with E-state index in [0.717, 1.165) is 31.7 Å². The Hall–Kier alpha value is -1.11. The van der Waals surface area contributed by atoms with E-state index in [4.69, 9.17) is 0 Å². The maximum absolute atomic E-state index is 11.8. The van der Waals surface area contributed by atoms with Gasteiger partial charge in [0.05, 0.1) is 5.25 Å². The number of anilines is 1. The van der Waals surface area contributed by atoms with Crippen molar-refractivity contribution < 1.29 is 8.42 Å². The van der Waals surface area contributed by atoms with E-state index in [2.05, 4.69) is 45.8 Å². The molecule has 1 atom stereocenters. The highest BCUT2D eigenvalue weighted by molar-refractivity contribution is 7.90. The van der Waals surface area contributed by atoms with Crippen molar-refractivity contribution in [2.45, 2.75) is 31.9 Å². The van der Waals surface area contributed by atoms with Gasteiger partial charge in [0, 0.05) is 38.4 Å². The molecular formula is C17H29N3O2S. The first-order valence-corrected chi connectivity index (χ1v) is 9.86. The minimum absolute atomic E-state index is 0.157. The molecule has 0 aromatic heterocycles. The lowest BCUT2D eigenvalue weighted by molar-refractivity contribution is 0.313. The van der Waals surface area contributed by atoms with Gasteiger partial charge in [-0.1, -0.05) is 19.1 Å². The van der Waals surface area contributed by atoms with Gasteiger partial charge in [0.15, 0.2) is 0 Å². The van der Waals surface area contributed by atoms with E-state index >= 15 is 0 Å². The van der Waals surface area contributed by atoms with E-state index in [1.807, 2.05) is 6.92 Å². The molecule has 1 aromatic carbocycles. The summed E-state index contributed by atoms with van der Waals surface area (Å²) in [5, 5.41) is -0.394. The van der Waals surface area contributed by atoms with Crippen LogP contribution in [-0.4, -0.2) is 58.3 Å². The van der Waals surface area contributed by atoms with Gasteiger partial charge in [-0.05, 0) is 44.5 Å². The number of hydrogen-bond donors (Lipinski definition) is 1. The lowest BCUT2D eigenvalue weighted by Crippen LogP contribution is -2.44. The summed E-state index contributed by atoms with van der Waals surface area (Å²) in [6.45, 7) is 10.2. The molecule has 23 heavy (non-hydrogen) atoms. The molecule has 1 unspecified atom stereocenters. The van der Waals surface area contributed by atoms with E-state index in [0.29, 0.717) is 6.54 Å². The highest BCUT2D eigenvalue weighted by Crippen LogP contribution is 2.21. The Labute approximate surface area is 140 Å². The van der Waals surface area contributed by atoms with Crippen LogP contribution in [0, 0.1) is 0 Å². The van der Waals surface area contributed by atoms with Crippen molar-refractivity contribution in [2.75, 3.05) is 44.7 Å². The van der Waals surface area contributed by atoms with Crippen LogP contribution < -0.4 is 9.62 Å².